The highest BCUT2D eigenvalue weighted by molar-refractivity contribution is 7.80. The summed E-state index contributed by atoms with van der Waals surface area (Å²) in [4.78, 5) is 4.13. The summed E-state index contributed by atoms with van der Waals surface area (Å²) in [5.74, 6) is -0.127. The lowest BCUT2D eigenvalue weighted by atomic mass is 10.1. The molecule has 0 aliphatic heterocycles. The van der Waals surface area contributed by atoms with Gasteiger partial charge in [0.1, 0.15) is 4.99 Å². The molecule has 0 aromatic carbocycles. The fraction of sp³-hybridized carbons (Fsp3) is 0.500. The molecule has 0 radical (unpaired) electrons. The topological polar surface area (TPSA) is 48.1 Å². The number of hydrogen-bond donors (Lipinski definition) is 1. The number of alkyl halides is 3. The Balaban J connectivity index is 2.36. The highest BCUT2D eigenvalue weighted by atomic mass is 32.1. The van der Waals surface area contributed by atoms with Crippen molar-refractivity contribution in [3.8, 4) is 5.88 Å². The van der Waals surface area contributed by atoms with E-state index in [1.807, 2.05) is 0 Å². The molecule has 1 aromatic rings. The van der Waals surface area contributed by atoms with Crippen LogP contribution in [0.3, 0.4) is 0 Å². The van der Waals surface area contributed by atoms with Gasteiger partial charge in [0, 0.05) is 5.69 Å². The zero-order valence-corrected chi connectivity index (χ0v) is 11.1. The number of aryl methyl sites for hydroxylation is 2. The van der Waals surface area contributed by atoms with Crippen LogP contribution in [0.1, 0.15) is 30.2 Å². The van der Waals surface area contributed by atoms with Crippen molar-refractivity contribution in [2.45, 2.75) is 38.5 Å². The Labute approximate surface area is 114 Å². The van der Waals surface area contributed by atoms with Gasteiger partial charge in [-0.15, -0.1) is 0 Å². The minimum absolute atomic E-state index is 0.00780. The lowest BCUT2D eigenvalue weighted by molar-refractivity contribution is -0.190. The molecule has 0 amide bonds. The lowest BCUT2D eigenvalue weighted by Gasteiger charge is -2.19. The van der Waals surface area contributed by atoms with Crippen molar-refractivity contribution < 1.29 is 17.9 Å². The first-order chi connectivity index (χ1) is 8.79. The number of halogens is 3. The molecule has 3 nitrogen and oxygen atoms in total. The molecule has 0 spiro atoms. The fourth-order valence-electron chi connectivity index (χ4n) is 1.95. The number of nitrogens with two attached hydrogens (primary N) is 1. The van der Waals surface area contributed by atoms with E-state index in [0.717, 1.165) is 37.4 Å². The smallest absolute Gasteiger partial charge is 0.425 e. The number of ether oxygens (including phenoxy) is 1. The van der Waals surface area contributed by atoms with Gasteiger partial charge < -0.3 is 10.5 Å². The van der Waals surface area contributed by atoms with Crippen LogP contribution in [0.2, 0.25) is 0 Å². The van der Waals surface area contributed by atoms with Gasteiger partial charge in [-0.3, -0.25) is 0 Å². The third-order valence-corrected chi connectivity index (χ3v) is 3.25. The van der Waals surface area contributed by atoms with Gasteiger partial charge in [0.15, 0.2) is 6.10 Å². The van der Waals surface area contributed by atoms with E-state index in [4.69, 9.17) is 22.7 Å². The molecule has 1 aromatic heterocycles. The van der Waals surface area contributed by atoms with Crippen molar-refractivity contribution in [3.63, 3.8) is 0 Å². The Kier molecular flexibility index (Phi) is 3.66. The second-order valence-electron chi connectivity index (χ2n) is 4.47. The molecule has 104 valence electrons. The Hall–Kier alpha value is -1.37. The van der Waals surface area contributed by atoms with Crippen LogP contribution in [-0.2, 0) is 12.8 Å². The standard InChI is InChI=1S/C12H13F3N2OS/c1-6(12(13,14)15)18-11-8(10(16)19)5-7-3-2-4-9(7)17-11/h5-6H,2-4H2,1H3,(H2,16,19). The van der Waals surface area contributed by atoms with Crippen molar-refractivity contribution in [1.29, 1.82) is 0 Å². The van der Waals surface area contributed by atoms with Crippen LogP contribution in [0, 0.1) is 0 Å². The number of hydrogen-bond acceptors (Lipinski definition) is 3. The molecule has 0 saturated carbocycles. The van der Waals surface area contributed by atoms with Gasteiger partial charge >= 0.3 is 6.18 Å². The summed E-state index contributed by atoms with van der Waals surface area (Å²) in [5, 5.41) is 0. The summed E-state index contributed by atoms with van der Waals surface area (Å²) in [7, 11) is 0. The summed E-state index contributed by atoms with van der Waals surface area (Å²) in [6.45, 7) is 0.929. The predicted molar refractivity (Wildman–Crippen MR) is 68.3 cm³/mol. The van der Waals surface area contributed by atoms with Crippen molar-refractivity contribution in [3.05, 3.63) is 22.9 Å². The van der Waals surface area contributed by atoms with Gasteiger partial charge in [-0.25, -0.2) is 4.98 Å². The molecule has 1 aliphatic rings. The molecule has 0 saturated heterocycles. The molecular weight excluding hydrogens is 277 g/mol. The molecule has 19 heavy (non-hydrogen) atoms. The summed E-state index contributed by atoms with van der Waals surface area (Å²) >= 11 is 4.84. The molecule has 0 bridgehead atoms. The van der Waals surface area contributed by atoms with E-state index in [9.17, 15) is 13.2 Å². The van der Waals surface area contributed by atoms with Gasteiger partial charge in [-0.2, -0.15) is 13.2 Å². The van der Waals surface area contributed by atoms with Crippen LogP contribution < -0.4 is 10.5 Å². The maximum Gasteiger partial charge on any atom is 0.425 e. The molecule has 1 unspecified atom stereocenters. The van der Waals surface area contributed by atoms with Gasteiger partial charge in [0.05, 0.1) is 5.56 Å². The summed E-state index contributed by atoms with van der Waals surface area (Å²) in [6.07, 6.45) is -3.89. The molecule has 1 atom stereocenters. The third kappa shape index (κ3) is 2.97. The van der Waals surface area contributed by atoms with Crippen LogP contribution >= 0.6 is 12.2 Å². The zero-order valence-electron chi connectivity index (χ0n) is 10.3. The van der Waals surface area contributed by atoms with E-state index in [-0.39, 0.29) is 16.4 Å². The fourth-order valence-corrected chi connectivity index (χ4v) is 2.10. The molecule has 2 rings (SSSR count). The maximum absolute atomic E-state index is 12.5. The van der Waals surface area contributed by atoms with Crippen molar-refractivity contribution in [1.82, 2.24) is 4.98 Å². The van der Waals surface area contributed by atoms with Crippen LogP contribution in [0.5, 0.6) is 5.88 Å². The number of pyridine rings is 1. The van der Waals surface area contributed by atoms with Crippen LogP contribution in [0.4, 0.5) is 13.2 Å². The first-order valence-corrected chi connectivity index (χ1v) is 6.26. The Morgan fingerprint density at radius 2 is 2.16 bits per heavy atom. The normalized spacial score (nSPS) is 16.0. The minimum atomic E-state index is -4.45. The Bertz CT molecular complexity index is 516. The molecule has 1 heterocycles. The van der Waals surface area contributed by atoms with Gasteiger partial charge in [-0.1, -0.05) is 12.2 Å². The van der Waals surface area contributed by atoms with Crippen molar-refractivity contribution in [2.24, 2.45) is 5.73 Å². The summed E-state index contributed by atoms with van der Waals surface area (Å²) < 4.78 is 42.5. The van der Waals surface area contributed by atoms with Crippen molar-refractivity contribution >= 4 is 17.2 Å². The first-order valence-electron chi connectivity index (χ1n) is 5.85. The SMILES string of the molecule is CC(Oc1nc2c(cc1C(N)=S)CCC2)C(F)(F)F. The van der Waals surface area contributed by atoms with E-state index in [0.29, 0.717) is 0 Å². The minimum Gasteiger partial charge on any atom is -0.464 e. The van der Waals surface area contributed by atoms with Crippen LogP contribution in [0.15, 0.2) is 6.07 Å². The molecule has 0 fully saturated rings. The number of nitrogens with zero attached hydrogens (tertiary/aromatic N) is 1. The largest absolute Gasteiger partial charge is 0.464 e. The van der Waals surface area contributed by atoms with E-state index >= 15 is 0 Å². The second kappa shape index (κ2) is 4.96. The second-order valence-corrected chi connectivity index (χ2v) is 4.91. The van der Waals surface area contributed by atoms with E-state index < -0.39 is 12.3 Å². The Morgan fingerprint density at radius 3 is 2.74 bits per heavy atom. The summed E-state index contributed by atoms with van der Waals surface area (Å²) in [6, 6.07) is 1.69. The molecule has 7 heteroatoms. The van der Waals surface area contributed by atoms with E-state index in [1.54, 1.807) is 6.07 Å². The van der Waals surface area contributed by atoms with Crippen molar-refractivity contribution in [2.75, 3.05) is 0 Å². The Morgan fingerprint density at radius 1 is 1.47 bits per heavy atom. The number of fused-ring (bicyclic) bond motifs is 1. The molecule has 1 aliphatic carbocycles. The monoisotopic (exact) mass is 290 g/mol. The molecule has 2 N–H and O–H groups in total. The number of rotatable bonds is 3. The van der Waals surface area contributed by atoms with Gasteiger partial charge in [-0.05, 0) is 37.8 Å². The highest BCUT2D eigenvalue weighted by Gasteiger charge is 2.39. The molecular formula is C12H13F3N2OS. The number of thiocarbonyl (C=S) groups is 1. The predicted octanol–water partition coefficient (Wildman–Crippen LogP) is 2.53. The van der Waals surface area contributed by atoms with E-state index in [2.05, 4.69) is 4.98 Å². The van der Waals surface area contributed by atoms with E-state index in [1.165, 1.54) is 0 Å². The average molecular weight is 290 g/mol. The maximum atomic E-state index is 12.5. The quantitative estimate of drug-likeness (QED) is 0.869. The summed E-state index contributed by atoms with van der Waals surface area (Å²) in [5.41, 5.74) is 7.54. The van der Waals surface area contributed by atoms with Gasteiger partial charge in [0.2, 0.25) is 5.88 Å². The lowest BCUT2D eigenvalue weighted by Crippen LogP contribution is -2.32. The first kappa shape index (κ1) is 14.0. The average Bonchev–Trinajstić information content (AvgIpc) is 2.73. The highest BCUT2D eigenvalue weighted by Crippen LogP contribution is 2.30. The van der Waals surface area contributed by atoms with Crippen LogP contribution in [-0.4, -0.2) is 22.3 Å². The zero-order chi connectivity index (χ0) is 14.2. The van der Waals surface area contributed by atoms with Crippen LogP contribution in [0.25, 0.3) is 0 Å². The number of aromatic nitrogens is 1. The van der Waals surface area contributed by atoms with Gasteiger partial charge in [0.25, 0.3) is 0 Å². The third-order valence-electron chi connectivity index (χ3n) is 3.03.